The number of carbonyl (C=O) groups is 1. The van der Waals surface area contributed by atoms with E-state index in [1.807, 2.05) is 0 Å². The summed E-state index contributed by atoms with van der Waals surface area (Å²) in [4.78, 5) is 11.8. The second-order valence-electron chi connectivity index (χ2n) is 1.89. The zero-order valence-corrected chi connectivity index (χ0v) is 6.34. The average molecular weight is 145 g/mol. The molecule has 0 saturated carbocycles. The Morgan fingerprint density at radius 2 is 1.90 bits per heavy atom. The standard InChI is InChI=1S/C5H10N2O.CH5N/c8-5-7-3-1-6-2-4-7;1-2/h5-6H,1-4H2;2H2,1H3. The van der Waals surface area contributed by atoms with Crippen LogP contribution in [0.15, 0.2) is 0 Å². The molecule has 0 aromatic rings. The molecule has 1 aliphatic rings. The van der Waals surface area contributed by atoms with Gasteiger partial charge in [-0.1, -0.05) is 0 Å². The molecule has 10 heavy (non-hydrogen) atoms. The van der Waals surface area contributed by atoms with Gasteiger partial charge in [0.25, 0.3) is 0 Å². The molecule has 0 spiro atoms. The fraction of sp³-hybridized carbons (Fsp3) is 0.833. The van der Waals surface area contributed by atoms with Gasteiger partial charge in [-0.25, -0.2) is 0 Å². The molecule has 0 atom stereocenters. The highest BCUT2D eigenvalue weighted by atomic mass is 16.1. The number of nitrogens with one attached hydrogen (secondary N) is 1. The van der Waals surface area contributed by atoms with Gasteiger partial charge in [-0.05, 0) is 7.05 Å². The summed E-state index contributed by atoms with van der Waals surface area (Å²) >= 11 is 0. The predicted molar refractivity (Wildman–Crippen MR) is 40.6 cm³/mol. The average Bonchev–Trinajstić information content (AvgIpc) is 2.10. The number of hydrogen-bond donors (Lipinski definition) is 2. The van der Waals surface area contributed by atoms with E-state index in [0.717, 1.165) is 32.6 Å². The van der Waals surface area contributed by atoms with E-state index < -0.39 is 0 Å². The number of carbonyl (C=O) groups excluding carboxylic acids is 1. The largest absolute Gasteiger partial charge is 0.343 e. The Bertz CT molecular complexity index is 81.1. The lowest BCUT2D eigenvalue weighted by atomic mass is 10.4. The van der Waals surface area contributed by atoms with Crippen LogP contribution in [-0.2, 0) is 4.79 Å². The molecule has 60 valence electrons. The Hall–Kier alpha value is -0.610. The van der Waals surface area contributed by atoms with Crippen molar-refractivity contribution in [2.75, 3.05) is 33.2 Å². The van der Waals surface area contributed by atoms with Crippen molar-refractivity contribution in [1.82, 2.24) is 10.2 Å². The van der Waals surface area contributed by atoms with Gasteiger partial charge in [0.2, 0.25) is 6.41 Å². The lowest BCUT2D eigenvalue weighted by Crippen LogP contribution is -2.42. The van der Waals surface area contributed by atoms with E-state index in [0.29, 0.717) is 0 Å². The first kappa shape index (κ1) is 9.39. The molecule has 1 heterocycles. The summed E-state index contributed by atoms with van der Waals surface area (Å²) in [6.45, 7) is 3.62. The third-order valence-electron chi connectivity index (χ3n) is 1.30. The Morgan fingerprint density at radius 1 is 1.40 bits per heavy atom. The molecule has 0 aliphatic carbocycles. The van der Waals surface area contributed by atoms with Crippen LogP contribution in [0.3, 0.4) is 0 Å². The first-order valence-electron chi connectivity index (χ1n) is 3.41. The minimum Gasteiger partial charge on any atom is -0.343 e. The predicted octanol–water partition coefficient (Wildman–Crippen LogP) is -1.38. The maximum absolute atomic E-state index is 10.1. The molecule has 1 rings (SSSR count). The molecule has 0 aromatic heterocycles. The molecule has 0 bridgehead atoms. The molecule has 1 amide bonds. The highest BCUT2D eigenvalue weighted by Crippen LogP contribution is 1.84. The van der Waals surface area contributed by atoms with E-state index in [1.165, 1.54) is 7.05 Å². The second kappa shape index (κ2) is 6.51. The molecule has 4 nitrogen and oxygen atoms in total. The Labute approximate surface area is 61.4 Å². The van der Waals surface area contributed by atoms with E-state index in [-0.39, 0.29) is 0 Å². The van der Waals surface area contributed by atoms with Gasteiger partial charge in [-0.15, -0.1) is 0 Å². The van der Waals surface area contributed by atoms with Crippen molar-refractivity contribution >= 4 is 6.41 Å². The maximum Gasteiger partial charge on any atom is 0.209 e. The monoisotopic (exact) mass is 145 g/mol. The Balaban J connectivity index is 0.000000371. The first-order chi connectivity index (χ1) is 4.93. The molecule has 4 heteroatoms. The molecular formula is C6H15N3O. The quantitative estimate of drug-likeness (QED) is 0.447. The number of amides is 1. The van der Waals surface area contributed by atoms with Crippen LogP contribution in [0, 0.1) is 0 Å². The normalized spacial score (nSPS) is 17.2. The van der Waals surface area contributed by atoms with Crippen molar-refractivity contribution in [2.45, 2.75) is 0 Å². The molecule has 0 aromatic carbocycles. The van der Waals surface area contributed by atoms with E-state index in [2.05, 4.69) is 11.1 Å². The van der Waals surface area contributed by atoms with E-state index in [4.69, 9.17) is 0 Å². The van der Waals surface area contributed by atoms with Crippen LogP contribution in [0.5, 0.6) is 0 Å². The van der Waals surface area contributed by atoms with Crippen molar-refractivity contribution < 1.29 is 4.79 Å². The van der Waals surface area contributed by atoms with Gasteiger partial charge >= 0.3 is 0 Å². The number of nitrogens with zero attached hydrogens (tertiary/aromatic N) is 1. The van der Waals surface area contributed by atoms with Crippen LogP contribution in [0.2, 0.25) is 0 Å². The molecule has 0 unspecified atom stereocenters. The molecule has 3 N–H and O–H groups in total. The number of rotatable bonds is 1. The van der Waals surface area contributed by atoms with Crippen LogP contribution in [0.4, 0.5) is 0 Å². The maximum atomic E-state index is 10.1. The van der Waals surface area contributed by atoms with Crippen molar-refractivity contribution in [1.29, 1.82) is 0 Å². The number of nitrogens with two attached hydrogens (primary N) is 1. The molecule has 1 saturated heterocycles. The highest BCUT2D eigenvalue weighted by molar-refractivity contribution is 5.47. The molecular weight excluding hydrogens is 130 g/mol. The van der Waals surface area contributed by atoms with Crippen LogP contribution >= 0.6 is 0 Å². The summed E-state index contributed by atoms with van der Waals surface area (Å²) in [6, 6.07) is 0. The first-order valence-corrected chi connectivity index (χ1v) is 3.41. The van der Waals surface area contributed by atoms with Crippen molar-refractivity contribution in [3.05, 3.63) is 0 Å². The molecule has 1 aliphatic heterocycles. The van der Waals surface area contributed by atoms with Crippen molar-refractivity contribution in [3.8, 4) is 0 Å². The summed E-state index contributed by atoms with van der Waals surface area (Å²) in [7, 11) is 1.50. The van der Waals surface area contributed by atoms with Crippen molar-refractivity contribution in [3.63, 3.8) is 0 Å². The van der Waals surface area contributed by atoms with Gasteiger partial charge in [0.05, 0.1) is 0 Å². The SMILES string of the molecule is CN.O=CN1CCNCC1. The topological polar surface area (TPSA) is 58.4 Å². The third-order valence-corrected chi connectivity index (χ3v) is 1.30. The van der Waals surface area contributed by atoms with Crippen LogP contribution in [0.25, 0.3) is 0 Å². The van der Waals surface area contributed by atoms with Gasteiger partial charge in [-0.3, -0.25) is 4.79 Å². The van der Waals surface area contributed by atoms with E-state index >= 15 is 0 Å². The fourth-order valence-corrected chi connectivity index (χ4v) is 0.788. The van der Waals surface area contributed by atoms with E-state index in [1.54, 1.807) is 4.90 Å². The summed E-state index contributed by atoms with van der Waals surface area (Å²) in [5.41, 5.74) is 4.50. The van der Waals surface area contributed by atoms with Crippen LogP contribution in [-0.4, -0.2) is 44.5 Å². The number of hydrogen-bond acceptors (Lipinski definition) is 3. The third kappa shape index (κ3) is 3.42. The summed E-state index contributed by atoms with van der Waals surface area (Å²) in [5, 5.41) is 3.15. The van der Waals surface area contributed by atoms with Crippen LogP contribution < -0.4 is 11.1 Å². The van der Waals surface area contributed by atoms with E-state index in [9.17, 15) is 4.79 Å². The lowest BCUT2D eigenvalue weighted by molar-refractivity contribution is -0.118. The minimum absolute atomic E-state index is 0.865. The molecule has 0 radical (unpaired) electrons. The van der Waals surface area contributed by atoms with Gasteiger partial charge in [0, 0.05) is 26.2 Å². The molecule has 1 fully saturated rings. The summed E-state index contributed by atoms with van der Waals surface area (Å²) < 4.78 is 0. The zero-order valence-electron chi connectivity index (χ0n) is 6.34. The van der Waals surface area contributed by atoms with Crippen molar-refractivity contribution in [2.24, 2.45) is 5.73 Å². The highest BCUT2D eigenvalue weighted by Gasteiger charge is 2.04. The Morgan fingerprint density at radius 3 is 2.20 bits per heavy atom. The smallest absolute Gasteiger partial charge is 0.209 e. The zero-order chi connectivity index (χ0) is 7.82. The van der Waals surface area contributed by atoms with Crippen LogP contribution in [0.1, 0.15) is 0 Å². The second-order valence-corrected chi connectivity index (χ2v) is 1.89. The Kier molecular flexibility index (Phi) is 6.11. The fourth-order valence-electron chi connectivity index (χ4n) is 0.788. The van der Waals surface area contributed by atoms with Gasteiger partial charge in [-0.2, -0.15) is 0 Å². The minimum atomic E-state index is 0.865. The summed E-state index contributed by atoms with van der Waals surface area (Å²) in [5.74, 6) is 0. The van der Waals surface area contributed by atoms with Gasteiger partial charge in [0.1, 0.15) is 0 Å². The summed E-state index contributed by atoms with van der Waals surface area (Å²) in [6.07, 6.45) is 0.904. The van der Waals surface area contributed by atoms with Gasteiger partial charge < -0.3 is 16.0 Å². The lowest BCUT2D eigenvalue weighted by Gasteiger charge is -2.22. The van der Waals surface area contributed by atoms with Gasteiger partial charge in [0.15, 0.2) is 0 Å². The number of piperazine rings is 1.